The van der Waals surface area contributed by atoms with Gasteiger partial charge in [0.05, 0.1) is 12.6 Å². The van der Waals surface area contributed by atoms with E-state index in [-0.39, 0.29) is 0 Å². The highest BCUT2D eigenvalue weighted by molar-refractivity contribution is 5.72. The van der Waals surface area contributed by atoms with Crippen LogP contribution < -0.4 is 10.2 Å². The minimum Gasteiger partial charge on any atom is -0.367 e. The third-order valence-electron chi connectivity index (χ3n) is 8.29. The molecule has 0 saturated heterocycles. The molecule has 1 aliphatic carbocycles. The zero-order valence-corrected chi connectivity index (χ0v) is 26.2. The molecule has 228 valence electrons. The molecule has 0 radical (unpaired) electrons. The van der Waals surface area contributed by atoms with Crippen molar-refractivity contribution in [2.24, 2.45) is 10.9 Å². The number of dihydropyridines is 1. The van der Waals surface area contributed by atoms with E-state index >= 15 is 0 Å². The van der Waals surface area contributed by atoms with Crippen molar-refractivity contribution in [2.45, 2.75) is 58.5 Å². The van der Waals surface area contributed by atoms with Crippen molar-refractivity contribution in [3.63, 3.8) is 0 Å². The lowest BCUT2D eigenvalue weighted by atomic mass is 9.90. The Morgan fingerprint density at radius 2 is 1.87 bits per heavy atom. The Morgan fingerprint density at radius 3 is 2.64 bits per heavy atom. The smallest absolute Gasteiger partial charge is 0.182 e. The molecule has 7 heteroatoms. The van der Waals surface area contributed by atoms with E-state index in [9.17, 15) is 0 Å². The molecule has 1 N–H and O–H groups in total. The van der Waals surface area contributed by atoms with Gasteiger partial charge in [0.15, 0.2) is 17.5 Å². The van der Waals surface area contributed by atoms with Gasteiger partial charge in [0, 0.05) is 35.8 Å². The summed E-state index contributed by atoms with van der Waals surface area (Å²) in [6.07, 6.45) is 26.5. The van der Waals surface area contributed by atoms with Gasteiger partial charge in [0.2, 0.25) is 0 Å². The summed E-state index contributed by atoms with van der Waals surface area (Å²) in [7, 11) is 0. The van der Waals surface area contributed by atoms with Crippen molar-refractivity contribution >= 4 is 17.5 Å². The molecule has 6 rings (SSSR count). The number of hydrogen-bond donors (Lipinski definition) is 1. The number of hydrogen-bond acceptors (Lipinski definition) is 7. The summed E-state index contributed by atoms with van der Waals surface area (Å²) in [5.74, 6) is 3.58. The van der Waals surface area contributed by atoms with Gasteiger partial charge in [-0.1, -0.05) is 80.6 Å². The van der Waals surface area contributed by atoms with Crippen LogP contribution in [0, 0.1) is 5.92 Å². The fraction of sp³-hybridized carbons (Fsp3) is 0.289. The van der Waals surface area contributed by atoms with Crippen molar-refractivity contribution in [2.75, 3.05) is 11.4 Å². The standard InChI is InChI=1S/C38H41N7/c1-3-5-10-24-39-27-35-42-36(44-37(43-35)33-19-9-11-25-40-33)29-22-20-28(21-23-29)14-12-17-31-32-18-13-26-41-38(32)45(34(31)4-2)30-15-7-6-8-16-30/h5-11,13,15-20,22-25,28,34,41H,3-4,12,14,21,26-27H2,1-2H3/b10-5-,31-17-,39-24?. The summed E-state index contributed by atoms with van der Waals surface area (Å²) in [6.45, 7) is 5.64. The number of benzene rings is 1. The van der Waals surface area contributed by atoms with Gasteiger partial charge in [-0.3, -0.25) is 9.98 Å². The van der Waals surface area contributed by atoms with Crippen LogP contribution in [0.2, 0.25) is 0 Å². The second-order valence-electron chi connectivity index (χ2n) is 11.4. The molecule has 0 fully saturated rings. The van der Waals surface area contributed by atoms with Gasteiger partial charge in [-0.05, 0) is 73.9 Å². The highest BCUT2D eigenvalue weighted by atomic mass is 15.3. The molecule has 3 aliphatic rings. The number of allylic oxidation sites excluding steroid dienone is 8. The average Bonchev–Trinajstić information content (AvgIpc) is 3.42. The molecular formula is C38H41N7. The number of rotatable bonds is 11. The van der Waals surface area contributed by atoms with Gasteiger partial charge in [0.1, 0.15) is 11.5 Å². The van der Waals surface area contributed by atoms with Crippen molar-refractivity contribution in [1.29, 1.82) is 0 Å². The Hall–Kier alpha value is -4.91. The Morgan fingerprint density at radius 1 is 1.00 bits per heavy atom. The second-order valence-corrected chi connectivity index (χ2v) is 11.4. The molecule has 45 heavy (non-hydrogen) atoms. The summed E-state index contributed by atoms with van der Waals surface area (Å²) in [6, 6.07) is 16.8. The zero-order chi connectivity index (χ0) is 30.8. The van der Waals surface area contributed by atoms with E-state index in [1.54, 1.807) is 12.4 Å². The first-order valence-corrected chi connectivity index (χ1v) is 16.1. The molecule has 0 bridgehead atoms. The highest BCUT2D eigenvalue weighted by Gasteiger charge is 2.35. The maximum Gasteiger partial charge on any atom is 0.182 e. The van der Waals surface area contributed by atoms with Crippen molar-refractivity contribution in [3.05, 3.63) is 132 Å². The SMILES string of the molecule is CC/C=C\C=NCc1nc(C2=CCC(CC/C=C3/C4=C(NCC=C4)N(c4ccccc4)C3CC)C=C2)nc(-c2ccccn2)n1. The van der Waals surface area contributed by atoms with Gasteiger partial charge < -0.3 is 10.2 Å². The number of aliphatic imine (C=N–C) groups is 1. The molecule has 3 aromatic rings. The van der Waals surface area contributed by atoms with Crippen LogP contribution in [0.3, 0.4) is 0 Å². The van der Waals surface area contributed by atoms with Gasteiger partial charge in [0.25, 0.3) is 0 Å². The Bertz CT molecular complexity index is 1680. The quantitative estimate of drug-likeness (QED) is 0.228. The summed E-state index contributed by atoms with van der Waals surface area (Å²) in [5.41, 5.74) is 5.76. The normalized spacial score (nSPS) is 20.4. The third-order valence-corrected chi connectivity index (χ3v) is 8.29. The Kier molecular flexibility index (Phi) is 9.85. The van der Waals surface area contributed by atoms with Crippen molar-refractivity contribution < 1.29 is 0 Å². The number of para-hydroxylation sites is 1. The van der Waals surface area contributed by atoms with Crippen LogP contribution in [0.1, 0.15) is 57.6 Å². The maximum absolute atomic E-state index is 4.81. The summed E-state index contributed by atoms with van der Waals surface area (Å²) < 4.78 is 0. The summed E-state index contributed by atoms with van der Waals surface area (Å²) in [4.78, 5) is 25.7. The molecule has 7 nitrogen and oxygen atoms in total. The van der Waals surface area contributed by atoms with Gasteiger partial charge in [-0.2, -0.15) is 0 Å². The molecule has 4 heterocycles. The van der Waals surface area contributed by atoms with Gasteiger partial charge >= 0.3 is 0 Å². The van der Waals surface area contributed by atoms with E-state index in [2.05, 4.69) is 112 Å². The number of aromatic nitrogens is 4. The van der Waals surface area contributed by atoms with Crippen LogP contribution in [0.4, 0.5) is 5.69 Å². The number of anilines is 1. The van der Waals surface area contributed by atoms with Crippen LogP contribution in [-0.4, -0.2) is 38.7 Å². The minimum atomic E-state index is 0.333. The van der Waals surface area contributed by atoms with E-state index < -0.39 is 0 Å². The second kappa shape index (κ2) is 14.7. The number of nitrogens with one attached hydrogen (secondary N) is 1. The minimum absolute atomic E-state index is 0.333. The molecule has 0 spiro atoms. The van der Waals surface area contributed by atoms with Crippen LogP contribution in [0.5, 0.6) is 0 Å². The average molecular weight is 596 g/mol. The first kappa shape index (κ1) is 30.1. The van der Waals surface area contributed by atoms with E-state index in [1.807, 2.05) is 24.3 Å². The first-order valence-electron chi connectivity index (χ1n) is 16.1. The number of pyridine rings is 1. The molecule has 0 amide bonds. The summed E-state index contributed by atoms with van der Waals surface area (Å²) >= 11 is 0. The molecule has 1 aromatic carbocycles. The van der Waals surface area contributed by atoms with E-state index in [4.69, 9.17) is 9.97 Å². The van der Waals surface area contributed by atoms with Crippen LogP contribution >= 0.6 is 0 Å². The van der Waals surface area contributed by atoms with Crippen molar-refractivity contribution in [3.8, 4) is 11.5 Å². The lowest BCUT2D eigenvalue weighted by Gasteiger charge is -2.30. The maximum atomic E-state index is 4.81. The molecule has 2 aliphatic heterocycles. The predicted octanol–water partition coefficient (Wildman–Crippen LogP) is 7.81. The fourth-order valence-electron chi connectivity index (χ4n) is 6.09. The van der Waals surface area contributed by atoms with Gasteiger partial charge in [-0.25, -0.2) is 15.0 Å². The predicted molar refractivity (Wildman–Crippen MR) is 184 cm³/mol. The monoisotopic (exact) mass is 595 g/mol. The molecule has 2 unspecified atom stereocenters. The van der Waals surface area contributed by atoms with Crippen LogP contribution in [0.15, 0.2) is 125 Å². The van der Waals surface area contributed by atoms with Crippen LogP contribution in [0.25, 0.3) is 17.1 Å². The summed E-state index contributed by atoms with van der Waals surface area (Å²) in [5, 5.41) is 3.65. The lowest BCUT2D eigenvalue weighted by molar-refractivity contribution is 0.600. The van der Waals surface area contributed by atoms with E-state index in [0.717, 1.165) is 49.9 Å². The van der Waals surface area contributed by atoms with E-state index in [0.29, 0.717) is 36.0 Å². The van der Waals surface area contributed by atoms with Crippen LogP contribution in [-0.2, 0) is 6.54 Å². The molecule has 0 saturated carbocycles. The zero-order valence-electron chi connectivity index (χ0n) is 26.2. The first-order chi connectivity index (χ1) is 22.2. The topological polar surface area (TPSA) is 79.2 Å². The number of nitrogens with zero attached hydrogens (tertiary/aromatic N) is 6. The van der Waals surface area contributed by atoms with Crippen molar-refractivity contribution in [1.82, 2.24) is 25.3 Å². The largest absolute Gasteiger partial charge is 0.367 e. The Labute approximate surface area is 266 Å². The van der Waals surface area contributed by atoms with Gasteiger partial charge in [-0.15, -0.1) is 0 Å². The lowest BCUT2D eigenvalue weighted by Crippen LogP contribution is -2.36. The fourth-order valence-corrected chi connectivity index (χ4v) is 6.09. The molecular weight excluding hydrogens is 554 g/mol. The highest BCUT2D eigenvalue weighted by Crippen LogP contribution is 2.40. The third kappa shape index (κ3) is 7.09. The Balaban J connectivity index is 1.15. The molecule has 2 atom stereocenters. The van der Waals surface area contributed by atoms with E-state index in [1.165, 1.54) is 22.7 Å². The molecule has 2 aromatic heterocycles.